The second kappa shape index (κ2) is 11.0. The maximum Gasteiger partial charge on any atom is 0.193 e. The van der Waals surface area contributed by atoms with Gasteiger partial charge in [0.05, 0.1) is 25.5 Å². The fourth-order valence-electron chi connectivity index (χ4n) is 3.21. The van der Waals surface area contributed by atoms with E-state index < -0.39 is 0 Å². The van der Waals surface area contributed by atoms with Crippen LogP contribution in [0.25, 0.3) is 0 Å². The van der Waals surface area contributed by atoms with Crippen molar-refractivity contribution in [2.24, 2.45) is 12.0 Å². The second-order valence-corrected chi connectivity index (χ2v) is 6.90. The van der Waals surface area contributed by atoms with E-state index in [1.807, 2.05) is 43.7 Å². The molecule has 1 N–H and O–H groups in total. The van der Waals surface area contributed by atoms with Crippen LogP contribution >= 0.6 is 35.6 Å². The number of ether oxygens (including phenoxy) is 2. The molecule has 2 atom stereocenters. The predicted molar refractivity (Wildman–Crippen MR) is 121 cm³/mol. The maximum absolute atomic E-state index is 6.10. The highest BCUT2D eigenvalue weighted by Crippen LogP contribution is 2.22. The Kier molecular flexibility index (Phi) is 9.00. The quantitative estimate of drug-likeness (QED) is 0.374. The van der Waals surface area contributed by atoms with E-state index in [0.29, 0.717) is 18.2 Å². The van der Waals surface area contributed by atoms with Crippen LogP contribution in [0.2, 0.25) is 5.02 Å². The van der Waals surface area contributed by atoms with Crippen LogP contribution in [0.3, 0.4) is 0 Å². The highest BCUT2D eigenvalue weighted by atomic mass is 127. The molecular formula is C19H27ClIN5O2. The lowest BCUT2D eigenvalue weighted by Gasteiger charge is -2.35. The largest absolute Gasteiger partial charge is 0.375 e. The number of nitrogens with zero attached hydrogens (tertiary/aromatic N) is 4. The first-order valence-electron chi connectivity index (χ1n) is 8.94. The average Bonchev–Trinajstić information content (AvgIpc) is 3.12. The summed E-state index contributed by atoms with van der Waals surface area (Å²) in [7, 11) is 5.40. The van der Waals surface area contributed by atoms with Gasteiger partial charge in [-0.3, -0.25) is 9.67 Å². The summed E-state index contributed by atoms with van der Waals surface area (Å²) in [6.45, 7) is 2.74. The topological polar surface area (TPSA) is 63.9 Å². The molecule has 2 unspecified atom stereocenters. The van der Waals surface area contributed by atoms with Crippen molar-refractivity contribution in [1.29, 1.82) is 0 Å². The molecule has 0 bridgehead atoms. The Morgan fingerprint density at radius 3 is 2.96 bits per heavy atom. The third kappa shape index (κ3) is 5.82. The van der Waals surface area contributed by atoms with E-state index in [2.05, 4.69) is 20.3 Å². The van der Waals surface area contributed by atoms with Crippen LogP contribution in [-0.4, -0.2) is 61.0 Å². The minimum atomic E-state index is -0.115. The normalized spacial score (nSPS) is 18.5. The summed E-state index contributed by atoms with van der Waals surface area (Å²) in [5.74, 6) is 0.830. The Balaban J connectivity index is 0.00000280. The molecule has 1 fully saturated rings. The van der Waals surface area contributed by atoms with Crippen LogP contribution in [0.5, 0.6) is 0 Å². The van der Waals surface area contributed by atoms with Gasteiger partial charge in [-0.05, 0) is 17.7 Å². The number of guanidine groups is 1. The molecule has 28 heavy (non-hydrogen) atoms. The summed E-state index contributed by atoms with van der Waals surface area (Å²) in [6.07, 6.45) is 3.71. The Hall–Kier alpha value is -1.36. The SMILES string of the molecule is CN=C(NCC(OC)c1cccc(Cl)c1)N1CCOC(c2cnn(C)c2)C1.I. The Labute approximate surface area is 188 Å². The lowest BCUT2D eigenvalue weighted by atomic mass is 10.1. The van der Waals surface area contributed by atoms with Crippen LogP contribution in [0.4, 0.5) is 0 Å². The molecule has 0 spiro atoms. The van der Waals surface area contributed by atoms with Gasteiger partial charge >= 0.3 is 0 Å². The van der Waals surface area contributed by atoms with E-state index in [1.165, 1.54) is 0 Å². The third-order valence-corrected chi connectivity index (χ3v) is 4.86. The number of aliphatic imine (C=N–C) groups is 1. The Morgan fingerprint density at radius 2 is 2.32 bits per heavy atom. The van der Waals surface area contributed by atoms with Gasteiger partial charge in [0, 0.05) is 51.1 Å². The number of aryl methyl sites for hydroxylation is 1. The number of halogens is 2. The highest BCUT2D eigenvalue weighted by molar-refractivity contribution is 14.0. The number of methoxy groups -OCH3 is 1. The average molecular weight is 520 g/mol. The lowest BCUT2D eigenvalue weighted by molar-refractivity contribution is -0.00833. The van der Waals surface area contributed by atoms with Crippen molar-refractivity contribution < 1.29 is 9.47 Å². The van der Waals surface area contributed by atoms with Gasteiger partial charge in [0.25, 0.3) is 0 Å². The van der Waals surface area contributed by atoms with E-state index >= 15 is 0 Å². The second-order valence-electron chi connectivity index (χ2n) is 6.46. The summed E-state index contributed by atoms with van der Waals surface area (Å²) in [5, 5.41) is 8.36. The van der Waals surface area contributed by atoms with Gasteiger partial charge in [-0.25, -0.2) is 0 Å². The molecule has 2 aromatic rings. The van der Waals surface area contributed by atoms with Crippen molar-refractivity contribution >= 4 is 41.5 Å². The van der Waals surface area contributed by atoms with E-state index in [4.69, 9.17) is 21.1 Å². The number of hydrogen-bond acceptors (Lipinski definition) is 4. The highest BCUT2D eigenvalue weighted by Gasteiger charge is 2.25. The van der Waals surface area contributed by atoms with Crippen LogP contribution in [0.1, 0.15) is 23.3 Å². The first-order chi connectivity index (χ1) is 13.1. The Morgan fingerprint density at radius 1 is 1.50 bits per heavy atom. The minimum absolute atomic E-state index is 0. The molecule has 154 valence electrons. The number of aromatic nitrogens is 2. The van der Waals surface area contributed by atoms with Crippen molar-refractivity contribution in [2.45, 2.75) is 12.2 Å². The van der Waals surface area contributed by atoms with Gasteiger partial charge in [0.2, 0.25) is 0 Å². The van der Waals surface area contributed by atoms with Crippen molar-refractivity contribution in [3.05, 3.63) is 52.8 Å². The van der Waals surface area contributed by atoms with Crippen molar-refractivity contribution in [3.8, 4) is 0 Å². The lowest BCUT2D eigenvalue weighted by Crippen LogP contribution is -2.49. The molecular weight excluding hydrogens is 493 g/mol. The molecule has 0 amide bonds. The molecule has 0 aliphatic carbocycles. The fourth-order valence-corrected chi connectivity index (χ4v) is 3.41. The molecule has 0 radical (unpaired) electrons. The molecule has 2 heterocycles. The summed E-state index contributed by atoms with van der Waals surface area (Å²) in [6, 6.07) is 7.72. The van der Waals surface area contributed by atoms with E-state index in [0.717, 1.165) is 30.2 Å². The van der Waals surface area contributed by atoms with Gasteiger partial charge in [0.1, 0.15) is 6.10 Å². The zero-order chi connectivity index (χ0) is 19.2. The molecule has 9 heteroatoms. The van der Waals surface area contributed by atoms with Gasteiger partial charge in [-0.15, -0.1) is 24.0 Å². The number of benzene rings is 1. The zero-order valence-corrected chi connectivity index (χ0v) is 19.4. The number of morpholine rings is 1. The van der Waals surface area contributed by atoms with E-state index in [1.54, 1.807) is 18.8 Å². The standard InChI is InChI=1S/C19H26ClN5O2.HI/c1-21-19(22-11-17(26-3)14-5-4-6-16(20)9-14)25-7-8-27-18(13-25)15-10-23-24(2)12-15;/h4-6,9-10,12,17-18H,7-8,11,13H2,1-3H3,(H,21,22);1H. The van der Waals surface area contributed by atoms with Crippen molar-refractivity contribution in [1.82, 2.24) is 20.0 Å². The molecule has 3 rings (SSSR count). The zero-order valence-electron chi connectivity index (χ0n) is 16.3. The smallest absolute Gasteiger partial charge is 0.193 e. The molecule has 0 saturated carbocycles. The van der Waals surface area contributed by atoms with Crippen LogP contribution in [0, 0.1) is 0 Å². The van der Waals surface area contributed by atoms with Crippen LogP contribution in [-0.2, 0) is 16.5 Å². The first-order valence-corrected chi connectivity index (χ1v) is 9.32. The third-order valence-electron chi connectivity index (χ3n) is 4.62. The number of rotatable bonds is 5. The summed E-state index contributed by atoms with van der Waals surface area (Å²) < 4.78 is 13.3. The minimum Gasteiger partial charge on any atom is -0.375 e. The molecule has 1 aliphatic heterocycles. The van der Waals surface area contributed by atoms with E-state index in [-0.39, 0.29) is 36.2 Å². The predicted octanol–water partition coefficient (Wildman–Crippen LogP) is 3.03. The maximum atomic E-state index is 6.10. The number of hydrogen-bond donors (Lipinski definition) is 1. The van der Waals surface area contributed by atoms with Gasteiger partial charge in [0.15, 0.2) is 5.96 Å². The van der Waals surface area contributed by atoms with E-state index in [9.17, 15) is 0 Å². The summed E-state index contributed by atoms with van der Waals surface area (Å²) in [5.41, 5.74) is 2.11. The molecule has 1 aliphatic rings. The van der Waals surface area contributed by atoms with Gasteiger partial charge < -0.3 is 19.7 Å². The molecule has 7 nitrogen and oxygen atoms in total. The summed E-state index contributed by atoms with van der Waals surface area (Å²) in [4.78, 5) is 6.64. The Bertz CT molecular complexity index is 785. The molecule has 1 saturated heterocycles. The van der Waals surface area contributed by atoms with Gasteiger partial charge in [-0.2, -0.15) is 5.10 Å². The van der Waals surface area contributed by atoms with Crippen molar-refractivity contribution in [2.75, 3.05) is 40.4 Å². The monoisotopic (exact) mass is 519 g/mol. The number of nitrogens with one attached hydrogen (secondary N) is 1. The van der Waals surface area contributed by atoms with Crippen LogP contribution in [0.15, 0.2) is 41.7 Å². The summed E-state index contributed by atoms with van der Waals surface area (Å²) >= 11 is 6.10. The van der Waals surface area contributed by atoms with Crippen molar-refractivity contribution in [3.63, 3.8) is 0 Å². The molecule has 1 aromatic carbocycles. The fraction of sp³-hybridized carbons (Fsp3) is 0.474. The molecule has 1 aromatic heterocycles. The van der Waals surface area contributed by atoms with Crippen LogP contribution < -0.4 is 5.32 Å². The van der Waals surface area contributed by atoms with Gasteiger partial charge in [-0.1, -0.05) is 23.7 Å². The first kappa shape index (κ1) is 22.9.